The highest BCUT2D eigenvalue weighted by Gasteiger charge is 2.03. The lowest BCUT2D eigenvalue weighted by Gasteiger charge is -2.01. The van der Waals surface area contributed by atoms with Crippen molar-refractivity contribution in [2.45, 2.75) is 12.8 Å². The standard InChI is InChI=1S/C10H12N2O4/c13-10(14)11-7-1-2-8-3-5-9(6-4-8)12(15)16/h3-6,11H,1-2,7H2,(H,13,14). The highest BCUT2D eigenvalue weighted by atomic mass is 16.6. The van der Waals surface area contributed by atoms with E-state index < -0.39 is 11.0 Å². The van der Waals surface area contributed by atoms with Gasteiger partial charge in [-0.1, -0.05) is 12.1 Å². The zero-order valence-electron chi connectivity index (χ0n) is 8.55. The van der Waals surface area contributed by atoms with Crippen LogP contribution in [0.5, 0.6) is 0 Å². The predicted molar refractivity (Wildman–Crippen MR) is 57.4 cm³/mol. The molecule has 1 amide bonds. The zero-order chi connectivity index (χ0) is 12.0. The molecule has 2 N–H and O–H groups in total. The summed E-state index contributed by atoms with van der Waals surface area (Å²) in [7, 11) is 0. The molecule has 0 radical (unpaired) electrons. The summed E-state index contributed by atoms with van der Waals surface area (Å²) in [4.78, 5) is 20.1. The van der Waals surface area contributed by atoms with Gasteiger partial charge in [0.25, 0.3) is 5.69 Å². The first-order chi connectivity index (χ1) is 7.59. The minimum atomic E-state index is -1.04. The maximum absolute atomic E-state index is 10.4. The molecule has 0 saturated carbocycles. The molecule has 0 fully saturated rings. The summed E-state index contributed by atoms with van der Waals surface area (Å²) in [5.41, 5.74) is 1.02. The van der Waals surface area contributed by atoms with E-state index in [0.29, 0.717) is 19.4 Å². The molecule has 6 nitrogen and oxygen atoms in total. The molecule has 1 aromatic carbocycles. The summed E-state index contributed by atoms with van der Waals surface area (Å²) in [5, 5.41) is 21.0. The van der Waals surface area contributed by atoms with Gasteiger partial charge in [0.2, 0.25) is 0 Å². The van der Waals surface area contributed by atoms with E-state index >= 15 is 0 Å². The number of nitrogens with zero attached hydrogens (tertiary/aromatic N) is 1. The summed E-state index contributed by atoms with van der Waals surface area (Å²) in [6, 6.07) is 6.25. The molecule has 6 heteroatoms. The van der Waals surface area contributed by atoms with E-state index in [1.807, 2.05) is 0 Å². The number of nitro benzene ring substituents is 1. The Bertz CT molecular complexity index is 375. The van der Waals surface area contributed by atoms with Crippen LogP contribution in [0.4, 0.5) is 10.5 Å². The molecule has 1 rings (SSSR count). The second-order valence-electron chi connectivity index (χ2n) is 3.26. The van der Waals surface area contributed by atoms with Crippen LogP contribution < -0.4 is 5.32 Å². The monoisotopic (exact) mass is 224 g/mol. The van der Waals surface area contributed by atoms with Crippen LogP contribution >= 0.6 is 0 Å². The van der Waals surface area contributed by atoms with Crippen molar-refractivity contribution < 1.29 is 14.8 Å². The molecule has 0 saturated heterocycles. The molecule has 0 unspecified atom stereocenters. The van der Waals surface area contributed by atoms with Crippen molar-refractivity contribution in [3.63, 3.8) is 0 Å². The number of nitrogens with one attached hydrogen (secondary N) is 1. The highest BCUT2D eigenvalue weighted by Crippen LogP contribution is 2.12. The second-order valence-corrected chi connectivity index (χ2v) is 3.26. The van der Waals surface area contributed by atoms with E-state index in [2.05, 4.69) is 5.32 Å². The molecule has 86 valence electrons. The maximum Gasteiger partial charge on any atom is 0.404 e. The molecule has 16 heavy (non-hydrogen) atoms. The Morgan fingerprint density at radius 2 is 2.00 bits per heavy atom. The lowest BCUT2D eigenvalue weighted by Crippen LogP contribution is -2.22. The van der Waals surface area contributed by atoms with Crippen molar-refractivity contribution in [3.05, 3.63) is 39.9 Å². The number of hydrogen-bond donors (Lipinski definition) is 2. The molecule has 0 heterocycles. The molecular formula is C10H12N2O4. The molecule has 0 aromatic heterocycles. The fraction of sp³-hybridized carbons (Fsp3) is 0.300. The molecule has 0 aliphatic rings. The van der Waals surface area contributed by atoms with Gasteiger partial charge in [-0.25, -0.2) is 4.79 Å². The van der Waals surface area contributed by atoms with Crippen molar-refractivity contribution in [1.82, 2.24) is 5.32 Å². The summed E-state index contributed by atoms with van der Waals surface area (Å²) in [5.74, 6) is 0. The first-order valence-corrected chi connectivity index (χ1v) is 4.79. The number of non-ortho nitro benzene ring substituents is 1. The van der Waals surface area contributed by atoms with Crippen LogP contribution in [-0.4, -0.2) is 22.7 Å². The number of carbonyl (C=O) groups is 1. The van der Waals surface area contributed by atoms with Gasteiger partial charge in [-0.2, -0.15) is 0 Å². The lowest BCUT2D eigenvalue weighted by atomic mass is 10.1. The number of hydrogen-bond acceptors (Lipinski definition) is 3. The largest absolute Gasteiger partial charge is 0.465 e. The Kier molecular flexibility index (Phi) is 4.26. The average Bonchev–Trinajstić information content (AvgIpc) is 2.25. The van der Waals surface area contributed by atoms with Gasteiger partial charge < -0.3 is 10.4 Å². The Morgan fingerprint density at radius 1 is 1.38 bits per heavy atom. The summed E-state index contributed by atoms with van der Waals surface area (Å²) in [6.07, 6.45) is 0.325. The molecule has 0 aliphatic heterocycles. The SMILES string of the molecule is O=C(O)NCCCc1ccc([N+](=O)[O-])cc1. The third kappa shape index (κ3) is 3.95. The smallest absolute Gasteiger partial charge is 0.404 e. The fourth-order valence-electron chi connectivity index (χ4n) is 1.27. The number of amides is 1. The first-order valence-electron chi connectivity index (χ1n) is 4.79. The third-order valence-corrected chi connectivity index (χ3v) is 2.07. The summed E-state index contributed by atoms with van der Waals surface area (Å²) < 4.78 is 0. The van der Waals surface area contributed by atoms with Crippen molar-refractivity contribution in [2.24, 2.45) is 0 Å². The van der Waals surface area contributed by atoms with Crippen molar-refractivity contribution in [3.8, 4) is 0 Å². The molecule has 0 bridgehead atoms. The van der Waals surface area contributed by atoms with Gasteiger partial charge in [-0.05, 0) is 18.4 Å². The fourth-order valence-corrected chi connectivity index (χ4v) is 1.27. The molecular weight excluding hydrogens is 212 g/mol. The minimum absolute atomic E-state index is 0.0624. The van der Waals surface area contributed by atoms with Crippen LogP contribution in [0.15, 0.2) is 24.3 Å². The number of nitro groups is 1. The quantitative estimate of drug-likeness (QED) is 0.453. The molecule has 0 atom stereocenters. The normalized spacial score (nSPS) is 9.75. The van der Waals surface area contributed by atoms with Crippen LogP contribution in [-0.2, 0) is 6.42 Å². The van der Waals surface area contributed by atoms with Gasteiger partial charge in [-0.3, -0.25) is 10.1 Å². The number of aryl methyl sites for hydroxylation is 1. The van der Waals surface area contributed by atoms with Crippen molar-refractivity contribution in [1.29, 1.82) is 0 Å². The average molecular weight is 224 g/mol. The topological polar surface area (TPSA) is 92.5 Å². The van der Waals surface area contributed by atoms with Gasteiger partial charge in [0.15, 0.2) is 0 Å². The lowest BCUT2D eigenvalue weighted by molar-refractivity contribution is -0.384. The van der Waals surface area contributed by atoms with E-state index in [0.717, 1.165) is 5.56 Å². The van der Waals surface area contributed by atoms with E-state index in [-0.39, 0.29) is 5.69 Å². The van der Waals surface area contributed by atoms with E-state index in [9.17, 15) is 14.9 Å². The minimum Gasteiger partial charge on any atom is -0.465 e. The Hall–Kier alpha value is -2.11. The highest BCUT2D eigenvalue weighted by molar-refractivity contribution is 5.64. The first kappa shape index (κ1) is 12.0. The van der Waals surface area contributed by atoms with Gasteiger partial charge in [0.1, 0.15) is 0 Å². The Balaban J connectivity index is 2.38. The van der Waals surface area contributed by atoms with Crippen molar-refractivity contribution in [2.75, 3.05) is 6.54 Å². The molecule has 0 aliphatic carbocycles. The Morgan fingerprint density at radius 3 is 2.50 bits per heavy atom. The summed E-state index contributed by atoms with van der Waals surface area (Å²) in [6.45, 7) is 0.381. The van der Waals surface area contributed by atoms with E-state index in [1.165, 1.54) is 12.1 Å². The van der Waals surface area contributed by atoms with Crippen LogP contribution in [0.2, 0.25) is 0 Å². The van der Waals surface area contributed by atoms with Gasteiger partial charge in [0, 0.05) is 18.7 Å². The maximum atomic E-state index is 10.4. The molecule has 1 aromatic rings. The number of benzene rings is 1. The second kappa shape index (κ2) is 5.69. The van der Waals surface area contributed by atoms with Crippen LogP contribution in [0.3, 0.4) is 0 Å². The van der Waals surface area contributed by atoms with Crippen molar-refractivity contribution >= 4 is 11.8 Å². The van der Waals surface area contributed by atoms with Gasteiger partial charge in [0.05, 0.1) is 4.92 Å². The van der Waals surface area contributed by atoms with Crippen LogP contribution in [0, 0.1) is 10.1 Å². The Labute approximate surface area is 92.0 Å². The van der Waals surface area contributed by atoms with Gasteiger partial charge >= 0.3 is 6.09 Å². The van der Waals surface area contributed by atoms with E-state index in [4.69, 9.17) is 5.11 Å². The van der Waals surface area contributed by atoms with Crippen LogP contribution in [0.1, 0.15) is 12.0 Å². The predicted octanol–water partition coefficient (Wildman–Crippen LogP) is 1.79. The number of carboxylic acid groups (broad SMARTS) is 1. The van der Waals surface area contributed by atoms with E-state index in [1.54, 1.807) is 12.1 Å². The number of rotatable bonds is 5. The molecule has 0 spiro atoms. The summed E-state index contributed by atoms with van der Waals surface area (Å²) >= 11 is 0. The third-order valence-electron chi connectivity index (χ3n) is 2.07. The van der Waals surface area contributed by atoms with Gasteiger partial charge in [-0.15, -0.1) is 0 Å². The van der Waals surface area contributed by atoms with Crippen LogP contribution in [0.25, 0.3) is 0 Å². The zero-order valence-corrected chi connectivity index (χ0v) is 8.55.